The normalized spacial score (nSPS) is 19.4. The number of fused-ring (bicyclic) bond motifs is 1. The van der Waals surface area contributed by atoms with Gasteiger partial charge in [0.05, 0.1) is 32.3 Å². The lowest BCUT2D eigenvalue weighted by Gasteiger charge is -2.19. The largest absolute Gasteiger partial charge is 0.493 e. The van der Waals surface area contributed by atoms with Crippen LogP contribution in [0.1, 0.15) is 16.0 Å². The molecule has 0 spiro atoms. The van der Waals surface area contributed by atoms with Gasteiger partial charge >= 0.3 is 0 Å². The first kappa shape index (κ1) is 13.0. The number of benzene rings is 1. The van der Waals surface area contributed by atoms with Gasteiger partial charge < -0.3 is 14.2 Å². The molecule has 0 fully saturated rings. The van der Waals surface area contributed by atoms with Gasteiger partial charge in [0, 0.05) is 16.7 Å². The first-order valence-corrected chi connectivity index (χ1v) is 6.63. The van der Waals surface area contributed by atoms with E-state index in [1.54, 1.807) is 20.3 Å². The van der Waals surface area contributed by atoms with Gasteiger partial charge in [-0.05, 0) is 12.0 Å². The fourth-order valence-corrected chi connectivity index (χ4v) is 3.02. The Morgan fingerprint density at radius 2 is 2.18 bits per heavy atom. The van der Waals surface area contributed by atoms with Crippen molar-refractivity contribution in [2.45, 2.75) is 11.2 Å². The molecule has 1 atom stereocenters. The number of alkyl halides is 1. The predicted octanol–water partition coefficient (Wildman–Crippen LogP) is 3.37. The van der Waals surface area contributed by atoms with Gasteiger partial charge in [-0.1, -0.05) is 27.5 Å². The highest BCUT2D eigenvalue weighted by atomic mass is 79.9. The Labute approximate surface area is 114 Å². The predicted molar refractivity (Wildman–Crippen MR) is 70.7 cm³/mol. The lowest BCUT2D eigenvalue weighted by atomic mass is 10.0. The average Bonchev–Trinajstić information content (AvgIpc) is 2.52. The van der Waals surface area contributed by atoms with E-state index in [1.807, 2.05) is 0 Å². The third kappa shape index (κ3) is 2.39. The summed E-state index contributed by atoms with van der Waals surface area (Å²) < 4.78 is 16.3. The Bertz CT molecular complexity index is 423. The van der Waals surface area contributed by atoms with Crippen molar-refractivity contribution in [3.8, 4) is 11.5 Å². The van der Waals surface area contributed by atoms with Gasteiger partial charge in [0.15, 0.2) is 11.5 Å². The van der Waals surface area contributed by atoms with Crippen LogP contribution in [0.5, 0.6) is 11.5 Å². The van der Waals surface area contributed by atoms with Crippen LogP contribution in [0.2, 0.25) is 5.02 Å². The van der Waals surface area contributed by atoms with Crippen LogP contribution in [0.15, 0.2) is 6.07 Å². The number of halogens is 2. The number of hydrogen-bond acceptors (Lipinski definition) is 3. The first-order valence-electron chi connectivity index (χ1n) is 5.34. The summed E-state index contributed by atoms with van der Waals surface area (Å²) in [4.78, 5) is 0.0718. The molecular weight excluding hydrogens is 307 g/mol. The molecule has 1 aromatic rings. The maximum Gasteiger partial charge on any atom is 0.165 e. The zero-order valence-electron chi connectivity index (χ0n) is 9.76. The molecule has 0 aliphatic carbocycles. The molecule has 5 heteroatoms. The van der Waals surface area contributed by atoms with Crippen LogP contribution in [0.4, 0.5) is 0 Å². The molecule has 0 aromatic heterocycles. The molecule has 0 amide bonds. The molecule has 1 aliphatic rings. The molecule has 0 bridgehead atoms. The fourth-order valence-electron chi connectivity index (χ4n) is 2.06. The van der Waals surface area contributed by atoms with Crippen LogP contribution < -0.4 is 9.47 Å². The van der Waals surface area contributed by atoms with E-state index in [9.17, 15) is 0 Å². The van der Waals surface area contributed by atoms with Crippen LogP contribution in [0, 0.1) is 0 Å². The molecule has 94 valence electrons. The van der Waals surface area contributed by atoms with Gasteiger partial charge in [0.1, 0.15) is 0 Å². The standard InChI is InChI=1S/C12H14BrClO3/c1-15-10-5-9(14)7-3-4-17-6-8(13)11(7)12(10)16-2/h5,8H,3-4,6H2,1-2H3. The van der Waals surface area contributed by atoms with Crippen molar-refractivity contribution in [3.05, 3.63) is 22.2 Å². The summed E-state index contributed by atoms with van der Waals surface area (Å²) in [6, 6.07) is 1.80. The van der Waals surface area contributed by atoms with E-state index in [0.717, 1.165) is 23.3 Å². The Morgan fingerprint density at radius 1 is 1.41 bits per heavy atom. The van der Waals surface area contributed by atoms with E-state index in [0.29, 0.717) is 24.0 Å². The zero-order chi connectivity index (χ0) is 12.4. The van der Waals surface area contributed by atoms with Crippen molar-refractivity contribution in [1.29, 1.82) is 0 Å². The van der Waals surface area contributed by atoms with Crippen LogP contribution in [0.3, 0.4) is 0 Å². The highest BCUT2D eigenvalue weighted by Crippen LogP contribution is 2.45. The molecular formula is C12H14BrClO3. The Kier molecular flexibility index (Phi) is 4.17. The van der Waals surface area contributed by atoms with Crippen LogP contribution in [0.25, 0.3) is 0 Å². The van der Waals surface area contributed by atoms with Crippen LogP contribution in [-0.2, 0) is 11.2 Å². The molecule has 0 radical (unpaired) electrons. The molecule has 0 N–H and O–H groups in total. The summed E-state index contributed by atoms with van der Waals surface area (Å²) in [6.45, 7) is 1.27. The average molecular weight is 322 g/mol. The summed E-state index contributed by atoms with van der Waals surface area (Å²) in [6.07, 6.45) is 0.788. The molecule has 1 unspecified atom stereocenters. The second-order valence-corrected chi connectivity index (χ2v) is 5.29. The lowest BCUT2D eigenvalue weighted by molar-refractivity contribution is 0.145. The van der Waals surface area contributed by atoms with Crippen molar-refractivity contribution in [2.24, 2.45) is 0 Å². The van der Waals surface area contributed by atoms with Gasteiger partial charge in [-0.2, -0.15) is 0 Å². The number of rotatable bonds is 2. The van der Waals surface area contributed by atoms with Gasteiger partial charge in [-0.25, -0.2) is 0 Å². The quantitative estimate of drug-likeness (QED) is 0.782. The highest BCUT2D eigenvalue weighted by Gasteiger charge is 2.26. The third-order valence-corrected chi connectivity index (χ3v) is 3.90. The molecule has 17 heavy (non-hydrogen) atoms. The van der Waals surface area contributed by atoms with Crippen molar-refractivity contribution >= 4 is 27.5 Å². The minimum atomic E-state index is 0.0718. The van der Waals surface area contributed by atoms with E-state index >= 15 is 0 Å². The van der Waals surface area contributed by atoms with Crippen molar-refractivity contribution < 1.29 is 14.2 Å². The first-order chi connectivity index (χ1) is 8.19. The van der Waals surface area contributed by atoms with E-state index < -0.39 is 0 Å². The van der Waals surface area contributed by atoms with Gasteiger partial charge in [-0.15, -0.1) is 0 Å². The van der Waals surface area contributed by atoms with E-state index in [2.05, 4.69) is 15.9 Å². The Morgan fingerprint density at radius 3 is 2.82 bits per heavy atom. The summed E-state index contributed by atoms with van der Waals surface area (Å²) in [5.74, 6) is 1.39. The third-order valence-electron chi connectivity index (χ3n) is 2.84. The fraction of sp³-hybridized carbons (Fsp3) is 0.500. The minimum absolute atomic E-state index is 0.0718. The monoisotopic (exact) mass is 320 g/mol. The van der Waals surface area contributed by atoms with Crippen molar-refractivity contribution in [2.75, 3.05) is 27.4 Å². The molecule has 1 aromatic carbocycles. The highest BCUT2D eigenvalue weighted by molar-refractivity contribution is 9.09. The number of methoxy groups -OCH3 is 2. The van der Waals surface area contributed by atoms with Crippen molar-refractivity contribution in [1.82, 2.24) is 0 Å². The van der Waals surface area contributed by atoms with Gasteiger partial charge in [-0.3, -0.25) is 0 Å². The Hall–Kier alpha value is -0.450. The maximum atomic E-state index is 6.28. The molecule has 1 heterocycles. The molecule has 0 saturated heterocycles. The van der Waals surface area contributed by atoms with E-state index in [4.69, 9.17) is 25.8 Å². The SMILES string of the molecule is COc1cc(Cl)c2c(c1OC)C(Br)COCC2. The van der Waals surface area contributed by atoms with Crippen molar-refractivity contribution in [3.63, 3.8) is 0 Å². The second-order valence-electron chi connectivity index (χ2n) is 3.78. The molecule has 3 nitrogen and oxygen atoms in total. The second kappa shape index (κ2) is 5.46. The zero-order valence-corrected chi connectivity index (χ0v) is 12.1. The van der Waals surface area contributed by atoms with E-state index in [1.165, 1.54) is 0 Å². The smallest absolute Gasteiger partial charge is 0.165 e. The van der Waals surface area contributed by atoms with Gasteiger partial charge in [0.25, 0.3) is 0 Å². The van der Waals surface area contributed by atoms with Gasteiger partial charge in [0.2, 0.25) is 0 Å². The topological polar surface area (TPSA) is 27.7 Å². The van der Waals surface area contributed by atoms with E-state index in [-0.39, 0.29) is 4.83 Å². The molecule has 1 aliphatic heterocycles. The summed E-state index contributed by atoms with van der Waals surface area (Å²) in [5.41, 5.74) is 2.11. The summed E-state index contributed by atoms with van der Waals surface area (Å²) >= 11 is 9.89. The summed E-state index contributed by atoms with van der Waals surface area (Å²) in [5, 5.41) is 0.701. The molecule has 0 saturated carbocycles. The number of hydrogen-bond donors (Lipinski definition) is 0. The maximum absolute atomic E-state index is 6.28. The number of ether oxygens (including phenoxy) is 3. The van der Waals surface area contributed by atoms with Crippen LogP contribution in [-0.4, -0.2) is 27.4 Å². The molecule has 2 rings (SSSR count). The summed E-state index contributed by atoms with van der Waals surface area (Å²) in [7, 11) is 3.24. The van der Waals surface area contributed by atoms with Crippen LogP contribution >= 0.6 is 27.5 Å². The Balaban J connectivity index is 2.64. The minimum Gasteiger partial charge on any atom is -0.493 e. The lowest BCUT2D eigenvalue weighted by Crippen LogP contribution is -2.04.